The smallest absolute Gasteiger partial charge is 0.260 e. The number of aliphatic hydroxyl groups excluding tert-OH is 1. The molecule has 2 atom stereocenters. The average molecular weight is 279 g/mol. The van der Waals surface area contributed by atoms with E-state index in [0.717, 1.165) is 12.0 Å². The summed E-state index contributed by atoms with van der Waals surface area (Å²) < 4.78 is 5.57. The Morgan fingerprint density at radius 3 is 2.30 bits per heavy atom. The second kappa shape index (κ2) is 7.90. The fourth-order valence-corrected chi connectivity index (χ4v) is 1.71. The SMILES string of the molecule is CC(C)CCNC(=O)C(C)Oc1ccc([C@H](C)O)cc1. The normalized spacial score (nSPS) is 13.9. The van der Waals surface area contributed by atoms with Crippen molar-refractivity contribution in [2.45, 2.75) is 46.3 Å². The number of carbonyl (C=O) groups is 1. The first-order chi connectivity index (χ1) is 9.40. The molecule has 0 radical (unpaired) electrons. The van der Waals surface area contributed by atoms with Gasteiger partial charge in [-0.25, -0.2) is 0 Å². The molecule has 4 heteroatoms. The van der Waals surface area contributed by atoms with E-state index in [1.165, 1.54) is 0 Å². The van der Waals surface area contributed by atoms with Crippen molar-refractivity contribution in [2.24, 2.45) is 5.92 Å². The highest BCUT2D eigenvalue weighted by Gasteiger charge is 2.14. The van der Waals surface area contributed by atoms with Crippen LogP contribution in [0.15, 0.2) is 24.3 Å². The maximum atomic E-state index is 11.8. The van der Waals surface area contributed by atoms with E-state index in [2.05, 4.69) is 19.2 Å². The molecule has 20 heavy (non-hydrogen) atoms. The molecule has 1 unspecified atom stereocenters. The minimum atomic E-state index is -0.528. The second-order valence-corrected chi connectivity index (χ2v) is 5.48. The van der Waals surface area contributed by atoms with Gasteiger partial charge >= 0.3 is 0 Å². The molecule has 0 aliphatic rings. The van der Waals surface area contributed by atoms with E-state index in [1.807, 2.05) is 0 Å². The highest BCUT2D eigenvalue weighted by atomic mass is 16.5. The highest BCUT2D eigenvalue weighted by Crippen LogP contribution is 2.18. The van der Waals surface area contributed by atoms with Crippen LogP contribution in [-0.2, 0) is 4.79 Å². The van der Waals surface area contributed by atoms with Gasteiger partial charge in [0.25, 0.3) is 5.91 Å². The molecular weight excluding hydrogens is 254 g/mol. The Morgan fingerprint density at radius 1 is 1.20 bits per heavy atom. The van der Waals surface area contributed by atoms with Gasteiger partial charge < -0.3 is 15.2 Å². The van der Waals surface area contributed by atoms with Crippen molar-refractivity contribution < 1.29 is 14.6 Å². The fraction of sp³-hybridized carbons (Fsp3) is 0.562. The lowest BCUT2D eigenvalue weighted by Crippen LogP contribution is -2.37. The molecule has 0 spiro atoms. The number of hydrogen-bond donors (Lipinski definition) is 2. The van der Waals surface area contributed by atoms with Crippen LogP contribution in [0.5, 0.6) is 5.75 Å². The van der Waals surface area contributed by atoms with Gasteiger partial charge in [-0.1, -0.05) is 26.0 Å². The van der Waals surface area contributed by atoms with Crippen molar-refractivity contribution in [2.75, 3.05) is 6.54 Å². The molecule has 0 saturated carbocycles. The lowest BCUT2D eigenvalue weighted by Gasteiger charge is -2.15. The van der Waals surface area contributed by atoms with Crippen molar-refractivity contribution in [3.05, 3.63) is 29.8 Å². The van der Waals surface area contributed by atoms with E-state index < -0.39 is 12.2 Å². The molecule has 1 aromatic carbocycles. The number of hydrogen-bond acceptors (Lipinski definition) is 3. The van der Waals surface area contributed by atoms with Crippen LogP contribution >= 0.6 is 0 Å². The maximum Gasteiger partial charge on any atom is 0.260 e. The van der Waals surface area contributed by atoms with Gasteiger partial charge in [-0.05, 0) is 43.9 Å². The molecule has 0 heterocycles. The summed E-state index contributed by atoms with van der Waals surface area (Å²) in [4.78, 5) is 11.8. The number of amides is 1. The fourth-order valence-electron chi connectivity index (χ4n) is 1.71. The Labute approximate surface area is 121 Å². The third-order valence-electron chi connectivity index (χ3n) is 3.07. The number of ether oxygens (including phenoxy) is 1. The minimum Gasteiger partial charge on any atom is -0.481 e. The summed E-state index contributed by atoms with van der Waals surface area (Å²) in [5.74, 6) is 1.09. The van der Waals surface area contributed by atoms with Gasteiger partial charge in [0.05, 0.1) is 6.10 Å². The van der Waals surface area contributed by atoms with E-state index in [4.69, 9.17) is 4.74 Å². The van der Waals surface area contributed by atoms with Crippen molar-refractivity contribution in [3.8, 4) is 5.75 Å². The number of carbonyl (C=O) groups excluding carboxylic acids is 1. The van der Waals surface area contributed by atoms with E-state index in [0.29, 0.717) is 18.2 Å². The molecule has 1 aromatic rings. The van der Waals surface area contributed by atoms with E-state index in [9.17, 15) is 9.90 Å². The first-order valence-corrected chi connectivity index (χ1v) is 7.12. The summed E-state index contributed by atoms with van der Waals surface area (Å²) in [6.07, 6.45) is -0.0676. The summed E-state index contributed by atoms with van der Waals surface area (Å²) in [5, 5.41) is 12.3. The molecular formula is C16H25NO3. The van der Waals surface area contributed by atoms with Crippen LogP contribution in [0.2, 0.25) is 0 Å². The summed E-state index contributed by atoms with van der Waals surface area (Å²) in [5.41, 5.74) is 0.825. The summed E-state index contributed by atoms with van der Waals surface area (Å²) >= 11 is 0. The topological polar surface area (TPSA) is 58.6 Å². The number of benzene rings is 1. The molecule has 2 N–H and O–H groups in total. The number of nitrogens with one attached hydrogen (secondary N) is 1. The molecule has 4 nitrogen and oxygen atoms in total. The van der Waals surface area contributed by atoms with Crippen LogP contribution in [0.4, 0.5) is 0 Å². The Hall–Kier alpha value is -1.55. The Morgan fingerprint density at radius 2 is 1.80 bits per heavy atom. The van der Waals surface area contributed by atoms with E-state index in [1.54, 1.807) is 38.1 Å². The second-order valence-electron chi connectivity index (χ2n) is 5.48. The monoisotopic (exact) mass is 279 g/mol. The van der Waals surface area contributed by atoms with Crippen LogP contribution in [0.3, 0.4) is 0 Å². The Kier molecular flexibility index (Phi) is 6.52. The lowest BCUT2D eigenvalue weighted by molar-refractivity contribution is -0.127. The van der Waals surface area contributed by atoms with Gasteiger partial charge in [0.2, 0.25) is 0 Å². The Balaban J connectivity index is 2.44. The minimum absolute atomic E-state index is 0.106. The van der Waals surface area contributed by atoms with Crippen molar-refractivity contribution in [1.82, 2.24) is 5.32 Å². The molecule has 0 saturated heterocycles. The molecule has 1 amide bonds. The molecule has 112 valence electrons. The van der Waals surface area contributed by atoms with Crippen LogP contribution < -0.4 is 10.1 Å². The maximum absolute atomic E-state index is 11.8. The molecule has 0 bridgehead atoms. The predicted molar refractivity (Wildman–Crippen MR) is 79.6 cm³/mol. The van der Waals surface area contributed by atoms with Crippen LogP contribution in [0, 0.1) is 5.92 Å². The van der Waals surface area contributed by atoms with Gasteiger partial charge in [0, 0.05) is 6.54 Å². The zero-order valence-corrected chi connectivity index (χ0v) is 12.7. The molecule has 0 aliphatic carbocycles. The third kappa shape index (κ3) is 5.61. The van der Waals surface area contributed by atoms with Gasteiger partial charge in [-0.3, -0.25) is 4.79 Å². The standard InChI is InChI=1S/C16H25NO3/c1-11(2)9-10-17-16(19)13(4)20-15-7-5-14(6-8-15)12(3)18/h5-8,11-13,18H,9-10H2,1-4H3,(H,17,19)/t12-,13?/m0/s1. The summed E-state index contributed by atoms with van der Waals surface area (Å²) in [7, 11) is 0. The van der Waals surface area contributed by atoms with Crippen molar-refractivity contribution in [1.29, 1.82) is 0 Å². The molecule has 1 rings (SSSR count). The van der Waals surface area contributed by atoms with E-state index >= 15 is 0 Å². The zero-order valence-electron chi connectivity index (χ0n) is 12.7. The summed E-state index contributed by atoms with van der Waals surface area (Å²) in [6.45, 7) is 8.35. The first-order valence-electron chi connectivity index (χ1n) is 7.12. The quantitative estimate of drug-likeness (QED) is 0.806. The third-order valence-corrected chi connectivity index (χ3v) is 3.07. The first kappa shape index (κ1) is 16.5. The van der Waals surface area contributed by atoms with E-state index in [-0.39, 0.29) is 5.91 Å². The van der Waals surface area contributed by atoms with Crippen molar-refractivity contribution in [3.63, 3.8) is 0 Å². The van der Waals surface area contributed by atoms with Gasteiger partial charge in [0.15, 0.2) is 6.10 Å². The van der Waals surface area contributed by atoms with Gasteiger partial charge in [-0.2, -0.15) is 0 Å². The number of rotatable bonds is 7. The van der Waals surface area contributed by atoms with Crippen LogP contribution in [0.1, 0.15) is 45.8 Å². The van der Waals surface area contributed by atoms with Crippen LogP contribution in [-0.4, -0.2) is 23.7 Å². The predicted octanol–water partition coefficient (Wildman–Crippen LogP) is 2.67. The molecule has 0 aromatic heterocycles. The highest BCUT2D eigenvalue weighted by molar-refractivity contribution is 5.80. The van der Waals surface area contributed by atoms with Crippen LogP contribution in [0.25, 0.3) is 0 Å². The molecule has 0 fully saturated rings. The average Bonchev–Trinajstić information content (AvgIpc) is 2.38. The summed E-state index contributed by atoms with van der Waals surface area (Å²) in [6, 6.07) is 7.12. The Bertz CT molecular complexity index is 412. The zero-order chi connectivity index (χ0) is 15.1. The largest absolute Gasteiger partial charge is 0.481 e. The lowest BCUT2D eigenvalue weighted by atomic mass is 10.1. The molecule has 0 aliphatic heterocycles. The van der Waals surface area contributed by atoms with Gasteiger partial charge in [0.1, 0.15) is 5.75 Å². The van der Waals surface area contributed by atoms with Gasteiger partial charge in [-0.15, -0.1) is 0 Å². The van der Waals surface area contributed by atoms with Crippen molar-refractivity contribution >= 4 is 5.91 Å². The number of aliphatic hydroxyl groups is 1.